The molecule has 102 valence electrons. The first-order valence-corrected chi connectivity index (χ1v) is 7.16. The van der Waals surface area contributed by atoms with E-state index in [1.807, 2.05) is 6.92 Å². The first kappa shape index (κ1) is 14.2. The predicted octanol–water partition coefficient (Wildman–Crippen LogP) is 2.66. The Morgan fingerprint density at radius 3 is 3.05 bits per heavy atom. The van der Waals surface area contributed by atoms with Crippen molar-refractivity contribution in [2.75, 3.05) is 11.9 Å². The molecule has 0 saturated carbocycles. The molecular formula is C12H15ClN4OS. The van der Waals surface area contributed by atoms with E-state index in [2.05, 4.69) is 14.1 Å². The van der Waals surface area contributed by atoms with Crippen molar-refractivity contribution in [2.24, 2.45) is 11.7 Å². The molecule has 0 saturated heterocycles. The number of amides is 1. The SMILES string of the molecule is CC(CCCN)C(=O)Nc1c(Cl)ccc2nsnc12. The highest BCUT2D eigenvalue weighted by molar-refractivity contribution is 7.00. The molecule has 1 aromatic heterocycles. The normalized spacial score (nSPS) is 12.6. The van der Waals surface area contributed by atoms with Crippen LogP contribution in [0.15, 0.2) is 12.1 Å². The van der Waals surface area contributed by atoms with E-state index in [4.69, 9.17) is 17.3 Å². The number of rotatable bonds is 5. The first-order valence-electron chi connectivity index (χ1n) is 6.05. The largest absolute Gasteiger partial charge is 0.330 e. The molecule has 2 aromatic rings. The monoisotopic (exact) mass is 298 g/mol. The lowest BCUT2D eigenvalue weighted by Crippen LogP contribution is -2.21. The van der Waals surface area contributed by atoms with Crippen LogP contribution >= 0.6 is 23.3 Å². The maximum absolute atomic E-state index is 12.1. The number of hydrogen-bond acceptors (Lipinski definition) is 5. The summed E-state index contributed by atoms with van der Waals surface area (Å²) in [6.45, 7) is 2.46. The smallest absolute Gasteiger partial charge is 0.227 e. The van der Waals surface area contributed by atoms with Crippen LogP contribution in [0.2, 0.25) is 5.02 Å². The highest BCUT2D eigenvalue weighted by Gasteiger charge is 2.17. The minimum atomic E-state index is -0.110. The number of nitrogens with one attached hydrogen (secondary N) is 1. The molecule has 0 fully saturated rings. The number of carbonyl (C=O) groups is 1. The fourth-order valence-corrected chi connectivity index (χ4v) is 2.49. The van der Waals surface area contributed by atoms with Gasteiger partial charge >= 0.3 is 0 Å². The molecule has 0 radical (unpaired) electrons. The summed E-state index contributed by atoms with van der Waals surface area (Å²) < 4.78 is 8.29. The van der Waals surface area contributed by atoms with Gasteiger partial charge in [-0.25, -0.2) is 0 Å². The average molecular weight is 299 g/mol. The second-order valence-electron chi connectivity index (χ2n) is 4.38. The van der Waals surface area contributed by atoms with E-state index in [0.29, 0.717) is 22.8 Å². The van der Waals surface area contributed by atoms with Crippen molar-refractivity contribution in [1.82, 2.24) is 8.75 Å². The second-order valence-corrected chi connectivity index (χ2v) is 5.31. The lowest BCUT2D eigenvalue weighted by molar-refractivity contribution is -0.119. The Balaban J connectivity index is 2.18. The molecule has 19 heavy (non-hydrogen) atoms. The molecule has 2 rings (SSSR count). The first-order chi connectivity index (χ1) is 9.13. The molecule has 0 spiro atoms. The van der Waals surface area contributed by atoms with E-state index in [0.717, 1.165) is 30.1 Å². The van der Waals surface area contributed by atoms with Crippen LogP contribution in [0.3, 0.4) is 0 Å². The predicted molar refractivity (Wildman–Crippen MR) is 78.5 cm³/mol. The number of fused-ring (bicyclic) bond motifs is 1. The lowest BCUT2D eigenvalue weighted by atomic mass is 10.0. The van der Waals surface area contributed by atoms with Crippen LogP contribution in [0.4, 0.5) is 5.69 Å². The van der Waals surface area contributed by atoms with Gasteiger partial charge in [-0.15, -0.1) is 0 Å². The summed E-state index contributed by atoms with van der Waals surface area (Å²) >= 11 is 7.21. The number of benzene rings is 1. The zero-order chi connectivity index (χ0) is 13.8. The van der Waals surface area contributed by atoms with Gasteiger partial charge in [-0.2, -0.15) is 8.75 Å². The number of nitrogens with zero attached hydrogens (tertiary/aromatic N) is 2. The van der Waals surface area contributed by atoms with Crippen molar-refractivity contribution >= 4 is 46.0 Å². The third-order valence-electron chi connectivity index (χ3n) is 2.91. The Morgan fingerprint density at radius 1 is 1.53 bits per heavy atom. The summed E-state index contributed by atoms with van der Waals surface area (Å²) in [5.41, 5.74) is 7.36. The van der Waals surface area contributed by atoms with Gasteiger partial charge in [-0.1, -0.05) is 18.5 Å². The van der Waals surface area contributed by atoms with Crippen LogP contribution in [-0.2, 0) is 4.79 Å². The number of anilines is 1. The molecule has 5 nitrogen and oxygen atoms in total. The Labute approximate surface area is 120 Å². The molecule has 1 unspecified atom stereocenters. The fourth-order valence-electron chi connectivity index (χ4n) is 1.75. The van der Waals surface area contributed by atoms with Crippen molar-refractivity contribution in [3.8, 4) is 0 Å². The maximum Gasteiger partial charge on any atom is 0.227 e. The summed E-state index contributed by atoms with van der Waals surface area (Å²) in [7, 11) is 0. The van der Waals surface area contributed by atoms with Gasteiger partial charge in [0.05, 0.1) is 22.4 Å². The summed E-state index contributed by atoms with van der Waals surface area (Å²) in [4.78, 5) is 12.1. The molecule has 1 amide bonds. The van der Waals surface area contributed by atoms with Crippen molar-refractivity contribution in [1.29, 1.82) is 0 Å². The van der Waals surface area contributed by atoms with Crippen molar-refractivity contribution < 1.29 is 4.79 Å². The van der Waals surface area contributed by atoms with Gasteiger partial charge in [0.1, 0.15) is 11.0 Å². The number of nitrogens with two attached hydrogens (primary N) is 1. The zero-order valence-electron chi connectivity index (χ0n) is 10.5. The highest BCUT2D eigenvalue weighted by atomic mass is 35.5. The lowest BCUT2D eigenvalue weighted by Gasteiger charge is -2.12. The topological polar surface area (TPSA) is 80.9 Å². The van der Waals surface area contributed by atoms with E-state index in [-0.39, 0.29) is 11.8 Å². The van der Waals surface area contributed by atoms with Gasteiger partial charge in [0.25, 0.3) is 0 Å². The molecule has 1 heterocycles. The Hall–Kier alpha value is -1.24. The van der Waals surface area contributed by atoms with Crippen LogP contribution < -0.4 is 11.1 Å². The minimum Gasteiger partial charge on any atom is -0.330 e. The Morgan fingerprint density at radius 2 is 2.32 bits per heavy atom. The van der Waals surface area contributed by atoms with E-state index in [1.54, 1.807) is 12.1 Å². The molecule has 0 aliphatic heterocycles. The third kappa shape index (κ3) is 3.20. The van der Waals surface area contributed by atoms with Gasteiger partial charge in [-0.3, -0.25) is 4.79 Å². The third-order valence-corrected chi connectivity index (χ3v) is 3.77. The Kier molecular flexibility index (Phi) is 4.68. The van der Waals surface area contributed by atoms with Gasteiger partial charge in [0.15, 0.2) is 0 Å². The van der Waals surface area contributed by atoms with Crippen molar-refractivity contribution in [3.05, 3.63) is 17.2 Å². The molecule has 7 heteroatoms. The average Bonchev–Trinajstić information content (AvgIpc) is 2.87. The molecular weight excluding hydrogens is 284 g/mol. The van der Waals surface area contributed by atoms with E-state index in [9.17, 15) is 4.79 Å². The quantitative estimate of drug-likeness (QED) is 0.889. The van der Waals surface area contributed by atoms with Crippen molar-refractivity contribution in [2.45, 2.75) is 19.8 Å². The minimum absolute atomic E-state index is 0.0733. The molecule has 0 aliphatic rings. The highest BCUT2D eigenvalue weighted by Crippen LogP contribution is 2.30. The molecule has 1 atom stereocenters. The zero-order valence-corrected chi connectivity index (χ0v) is 12.1. The molecule has 0 aliphatic carbocycles. The summed E-state index contributed by atoms with van der Waals surface area (Å²) in [6, 6.07) is 3.50. The second kappa shape index (κ2) is 6.27. The maximum atomic E-state index is 12.1. The van der Waals surface area contributed by atoms with E-state index < -0.39 is 0 Å². The molecule has 0 bridgehead atoms. The van der Waals surface area contributed by atoms with Crippen LogP contribution in [0.5, 0.6) is 0 Å². The van der Waals surface area contributed by atoms with Crippen LogP contribution in [0.25, 0.3) is 11.0 Å². The van der Waals surface area contributed by atoms with E-state index >= 15 is 0 Å². The molecule has 3 N–H and O–H groups in total. The van der Waals surface area contributed by atoms with Gasteiger partial charge in [-0.05, 0) is 31.5 Å². The number of hydrogen-bond donors (Lipinski definition) is 2. The van der Waals surface area contributed by atoms with Gasteiger partial charge in [0.2, 0.25) is 5.91 Å². The van der Waals surface area contributed by atoms with Crippen LogP contribution in [0, 0.1) is 5.92 Å². The summed E-state index contributed by atoms with van der Waals surface area (Å²) in [6.07, 6.45) is 1.58. The Bertz CT molecular complexity index is 586. The van der Waals surface area contributed by atoms with E-state index in [1.165, 1.54) is 0 Å². The standard InChI is InChI=1S/C12H15ClN4OS/c1-7(3-2-6-14)12(18)15-10-8(13)4-5-9-11(10)17-19-16-9/h4-5,7H,2-3,6,14H2,1H3,(H,15,18). The summed E-state index contributed by atoms with van der Waals surface area (Å²) in [5.74, 6) is -0.183. The van der Waals surface area contributed by atoms with Crippen LogP contribution in [-0.4, -0.2) is 21.2 Å². The van der Waals surface area contributed by atoms with Crippen molar-refractivity contribution in [3.63, 3.8) is 0 Å². The number of carbonyl (C=O) groups excluding carboxylic acids is 1. The van der Waals surface area contributed by atoms with Gasteiger partial charge in [0, 0.05) is 5.92 Å². The van der Waals surface area contributed by atoms with Crippen LogP contribution in [0.1, 0.15) is 19.8 Å². The fraction of sp³-hybridized carbons (Fsp3) is 0.417. The number of aromatic nitrogens is 2. The molecule has 1 aromatic carbocycles. The number of halogens is 1. The van der Waals surface area contributed by atoms with Gasteiger partial charge < -0.3 is 11.1 Å². The summed E-state index contributed by atoms with van der Waals surface area (Å²) in [5, 5.41) is 3.31.